The normalized spacial score (nSPS) is 13.8. The number of esters is 1. The molecule has 0 spiro atoms. The van der Waals surface area contributed by atoms with Crippen molar-refractivity contribution >= 4 is 28.8 Å². The Labute approximate surface area is 104 Å². The van der Waals surface area contributed by atoms with Crippen LogP contribution in [-0.4, -0.2) is 47.7 Å². The van der Waals surface area contributed by atoms with Gasteiger partial charge in [-0.1, -0.05) is 18.7 Å². The molecular formula is C10H16O6S. The first-order valence-corrected chi connectivity index (χ1v) is 5.92. The van der Waals surface area contributed by atoms with E-state index in [1.807, 2.05) is 0 Å². The third-order valence-corrected chi connectivity index (χ3v) is 2.86. The average Bonchev–Trinajstić information content (AvgIpc) is 2.24. The van der Waals surface area contributed by atoms with Crippen LogP contribution in [0.3, 0.4) is 0 Å². The molecule has 7 heteroatoms. The molecule has 0 aromatic heterocycles. The number of ether oxygens (including phenoxy) is 2. The van der Waals surface area contributed by atoms with Crippen LogP contribution >= 0.6 is 11.8 Å². The first-order chi connectivity index (χ1) is 7.88. The maximum absolute atomic E-state index is 11.5. The van der Waals surface area contributed by atoms with Crippen LogP contribution in [0.4, 0.5) is 0 Å². The van der Waals surface area contributed by atoms with E-state index in [1.54, 1.807) is 6.92 Å². The summed E-state index contributed by atoms with van der Waals surface area (Å²) in [6, 6.07) is 0. The third kappa shape index (κ3) is 6.96. The second kappa shape index (κ2) is 8.08. The highest BCUT2D eigenvalue weighted by Gasteiger charge is 2.25. The van der Waals surface area contributed by atoms with Gasteiger partial charge in [-0.2, -0.15) is 0 Å². The fourth-order valence-corrected chi connectivity index (χ4v) is 1.49. The van der Waals surface area contributed by atoms with E-state index < -0.39 is 24.0 Å². The second-order valence-electron chi connectivity index (χ2n) is 3.42. The molecule has 0 bridgehead atoms. The van der Waals surface area contributed by atoms with Crippen molar-refractivity contribution in [2.45, 2.75) is 20.0 Å². The molecule has 0 aliphatic carbocycles. The molecule has 1 N–H and O–H groups in total. The zero-order chi connectivity index (χ0) is 13.4. The lowest BCUT2D eigenvalue weighted by molar-refractivity contribution is -0.169. The molecule has 0 fully saturated rings. The van der Waals surface area contributed by atoms with Gasteiger partial charge in [0.15, 0.2) is 5.12 Å². The quantitative estimate of drug-likeness (QED) is 0.671. The molecule has 0 aromatic rings. The minimum Gasteiger partial charge on any atom is -0.478 e. The molecule has 0 saturated heterocycles. The van der Waals surface area contributed by atoms with Gasteiger partial charge in [-0.25, -0.2) is 4.79 Å². The van der Waals surface area contributed by atoms with Crippen molar-refractivity contribution in [1.29, 1.82) is 0 Å². The van der Waals surface area contributed by atoms with Gasteiger partial charge in [0.05, 0.1) is 12.5 Å². The van der Waals surface area contributed by atoms with Crippen LogP contribution in [0.1, 0.15) is 13.8 Å². The molecule has 0 heterocycles. The smallest absolute Gasteiger partial charge is 0.347 e. The van der Waals surface area contributed by atoms with E-state index in [1.165, 1.54) is 14.0 Å². The topological polar surface area (TPSA) is 89.9 Å². The van der Waals surface area contributed by atoms with Gasteiger partial charge in [0.2, 0.25) is 6.10 Å². The van der Waals surface area contributed by atoms with Crippen LogP contribution in [-0.2, 0) is 23.9 Å². The Balaban J connectivity index is 4.20. The number of rotatable bonds is 7. The van der Waals surface area contributed by atoms with Crippen molar-refractivity contribution in [2.75, 3.05) is 19.5 Å². The number of carboxylic acids is 1. The Bertz CT molecular complexity index is 291. The SMILES string of the molecule is COC[C@H](OC(=O)[C@H](C)CSC(C)=O)C(=O)O. The molecule has 0 aromatic carbocycles. The van der Waals surface area contributed by atoms with Gasteiger partial charge in [0.1, 0.15) is 0 Å². The van der Waals surface area contributed by atoms with E-state index in [9.17, 15) is 14.4 Å². The Morgan fingerprint density at radius 2 is 1.94 bits per heavy atom. The summed E-state index contributed by atoms with van der Waals surface area (Å²) in [5, 5.41) is 8.64. The summed E-state index contributed by atoms with van der Waals surface area (Å²) in [4.78, 5) is 32.9. The summed E-state index contributed by atoms with van der Waals surface area (Å²) in [5.41, 5.74) is 0. The Kier molecular flexibility index (Phi) is 7.56. The number of hydrogen-bond acceptors (Lipinski definition) is 6. The predicted octanol–water partition coefficient (Wildman–Crippen LogP) is 0.545. The zero-order valence-corrected chi connectivity index (χ0v) is 10.8. The largest absolute Gasteiger partial charge is 0.478 e. The van der Waals surface area contributed by atoms with Crippen LogP contribution < -0.4 is 0 Å². The number of aliphatic carboxylic acids is 1. The predicted molar refractivity (Wildman–Crippen MR) is 61.7 cm³/mol. The van der Waals surface area contributed by atoms with Gasteiger partial charge in [-0.3, -0.25) is 9.59 Å². The number of thioether (sulfide) groups is 1. The summed E-state index contributed by atoms with van der Waals surface area (Å²) >= 11 is 0.998. The van der Waals surface area contributed by atoms with Crippen LogP contribution in [0.2, 0.25) is 0 Å². The van der Waals surface area contributed by atoms with Gasteiger partial charge in [0, 0.05) is 19.8 Å². The molecule has 0 aliphatic rings. The van der Waals surface area contributed by atoms with Gasteiger partial charge in [-0.15, -0.1) is 0 Å². The Morgan fingerprint density at radius 1 is 1.35 bits per heavy atom. The maximum atomic E-state index is 11.5. The number of hydrogen-bond donors (Lipinski definition) is 1. The van der Waals surface area contributed by atoms with Crippen molar-refractivity contribution in [3.05, 3.63) is 0 Å². The summed E-state index contributed by atoms with van der Waals surface area (Å²) in [6.07, 6.45) is -1.31. The van der Waals surface area contributed by atoms with Crippen LogP contribution in [0.25, 0.3) is 0 Å². The van der Waals surface area contributed by atoms with Gasteiger partial charge >= 0.3 is 11.9 Å². The zero-order valence-electron chi connectivity index (χ0n) is 9.97. The molecule has 17 heavy (non-hydrogen) atoms. The molecule has 0 radical (unpaired) electrons. The summed E-state index contributed by atoms with van der Waals surface area (Å²) in [5.74, 6) is -2.18. The van der Waals surface area contributed by atoms with Crippen molar-refractivity contribution in [3.8, 4) is 0 Å². The summed E-state index contributed by atoms with van der Waals surface area (Å²) in [6.45, 7) is 2.77. The van der Waals surface area contributed by atoms with Crippen LogP contribution in [0.5, 0.6) is 0 Å². The number of methoxy groups -OCH3 is 1. The van der Waals surface area contributed by atoms with Crippen molar-refractivity contribution in [2.24, 2.45) is 5.92 Å². The standard InChI is InChI=1S/C10H16O6S/c1-6(5-17-7(2)11)10(14)16-8(4-15-3)9(12)13/h6,8H,4-5H2,1-3H3,(H,12,13)/t6-,8+/m1/s1. The Hall–Kier alpha value is -1.08. The maximum Gasteiger partial charge on any atom is 0.347 e. The van der Waals surface area contributed by atoms with E-state index in [4.69, 9.17) is 9.84 Å². The molecule has 0 unspecified atom stereocenters. The van der Waals surface area contributed by atoms with E-state index in [0.29, 0.717) is 0 Å². The van der Waals surface area contributed by atoms with Gasteiger partial charge < -0.3 is 14.6 Å². The lowest BCUT2D eigenvalue weighted by Gasteiger charge is -2.15. The van der Waals surface area contributed by atoms with Crippen molar-refractivity contribution in [1.82, 2.24) is 0 Å². The summed E-state index contributed by atoms with van der Waals surface area (Å²) in [7, 11) is 1.32. The molecule has 2 atom stereocenters. The first kappa shape index (κ1) is 15.9. The van der Waals surface area contributed by atoms with Crippen molar-refractivity contribution < 1.29 is 29.0 Å². The van der Waals surface area contributed by atoms with Crippen LogP contribution in [0.15, 0.2) is 0 Å². The third-order valence-electron chi connectivity index (χ3n) is 1.79. The monoisotopic (exact) mass is 264 g/mol. The van der Waals surface area contributed by atoms with E-state index in [-0.39, 0.29) is 17.5 Å². The fraction of sp³-hybridized carbons (Fsp3) is 0.700. The van der Waals surface area contributed by atoms with Gasteiger partial charge in [-0.05, 0) is 0 Å². The molecule has 0 aliphatic heterocycles. The minimum absolute atomic E-state index is 0.101. The minimum atomic E-state index is -1.31. The average molecular weight is 264 g/mol. The highest BCUT2D eigenvalue weighted by Crippen LogP contribution is 2.11. The van der Waals surface area contributed by atoms with Gasteiger partial charge in [0.25, 0.3) is 0 Å². The number of carbonyl (C=O) groups excluding carboxylic acids is 2. The lowest BCUT2D eigenvalue weighted by atomic mass is 10.2. The number of carbonyl (C=O) groups is 3. The first-order valence-electron chi connectivity index (χ1n) is 4.94. The molecule has 6 nitrogen and oxygen atoms in total. The van der Waals surface area contributed by atoms with Crippen molar-refractivity contribution in [3.63, 3.8) is 0 Å². The number of carboxylic acid groups (broad SMARTS) is 1. The molecule has 0 amide bonds. The molecule has 0 saturated carbocycles. The second-order valence-corrected chi connectivity index (χ2v) is 4.62. The Morgan fingerprint density at radius 3 is 2.35 bits per heavy atom. The molecular weight excluding hydrogens is 248 g/mol. The summed E-state index contributed by atoms with van der Waals surface area (Å²) < 4.78 is 9.39. The van der Waals surface area contributed by atoms with E-state index in [2.05, 4.69) is 4.74 Å². The molecule has 98 valence electrons. The molecule has 0 rings (SSSR count). The van der Waals surface area contributed by atoms with Crippen LogP contribution in [0, 0.1) is 5.92 Å². The lowest BCUT2D eigenvalue weighted by Crippen LogP contribution is -2.33. The van der Waals surface area contributed by atoms with E-state index in [0.717, 1.165) is 11.8 Å². The highest BCUT2D eigenvalue weighted by molar-refractivity contribution is 8.13. The fourth-order valence-electron chi connectivity index (χ4n) is 0.874. The van der Waals surface area contributed by atoms with E-state index >= 15 is 0 Å². The highest BCUT2D eigenvalue weighted by atomic mass is 32.2.